The number of ether oxygens (including phenoxy) is 1. The molecule has 1 aromatic carbocycles. The molecule has 0 aliphatic heterocycles. The highest BCUT2D eigenvalue weighted by Gasteiger charge is 2.25. The van der Waals surface area contributed by atoms with Crippen LogP contribution in [0.15, 0.2) is 51.9 Å². The normalized spacial score (nSPS) is 11.1. The SMILES string of the molecule is CCCCc1c(C)nc2nc(N(Cc3ccc(OCC)cc3)C(=O)c3ccco3)[nH]n2c1=O. The summed E-state index contributed by atoms with van der Waals surface area (Å²) in [6, 6.07) is 10.7. The third kappa shape index (κ3) is 4.67. The van der Waals surface area contributed by atoms with Crippen molar-refractivity contribution in [1.82, 2.24) is 19.6 Å². The third-order valence-corrected chi connectivity index (χ3v) is 5.37. The van der Waals surface area contributed by atoms with Crippen molar-refractivity contribution in [2.24, 2.45) is 0 Å². The summed E-state index contributed by atoms with van der Waals surface area (Å²) in [5.74, 6) is 0.962. The van der Waals surface area contributed by atoms with E-state index in [1.807, 2.05) is 38.1 Å². The fraction of sp³-hybridized carbons (Fsp3) is 0.333. The first-order chi connectivity index (χ1) is 16.0. The number of furan rings is 1. The van der Waals surface area contributed by atoms with Gasteiger partial charge in [0.05, 0.1) is 25.1 Å². The quantitative estimate of drug-likeness (QED) is 0.415. The molecule has 0 saturated carbocycles. The van der Waals surface area contributed by atoms with Crippen molar-refractivity contribution in [2.75, 3.05) is 11.5 Å². The monoisotopic (exact) mass is 449 g/mol. The van der Waals surface area contributed by atoms with Crippen LogP contribution in [0.2, 0.25) is 0 Å². The fourth-order valence-corrected chi connectivity index (χ4v) is 3.62. The number of carbonyl (C=O) groups excluding carboxylic acids is 1. The Morgan fingerprint density at radius 3 is 2.64 bits per heavy atom. The van der Waals surface area contributed by atoms with E-state index in [9.17, 15) is 9.59 Å². The zero-order chi connectivity index (χ0) is 23.4. The minimum absolute atomic E-state index is 0.168. The Hall–Kier alpha value is -3.88. The van der Waals surface area contributed by atoms with Gasteiger partial charge in [-0.25, -0.2) is 4.98 Å². The van der Waals surface area contributed by atoms with Crippen LogP contribution in [0, 0.1) is 6.92 Å². The molecule has 4 aromatic rings. The fourth-order valence-electron chi connectivity index (χ4n) is 3.62. The molecular formula is C24H27N5O4. The zero-order valence-electron chi connectivity index (χ0n) is 19.0. The second-order valence-corrected chi connectivity index (χ2v) is 7.71. The number of carbonyl (C=O) groups is 1. The van der Waals surface area contributed by atoms with Gasteiger partial charge in [0.1, 0.15) is 5.75 Å². The van der Waals surface area contributed by atoms with Gasteiger partial charge in [-0.05, 0) is 56.5 Å². The number of nitrogens with one attached hydrogen (secondary N) is 1. The number of amides is 1. The number of nitrogens with zero attached hydrogens (tertiary/aromatic N) is 4. The first kappa shape index (κ1) is 22.3. The second-order valence-electron chi connectivity index (χ2n) is 7.71. The Kier molecular flexibility index (Phi) is 6.58. The van der Waals surface area contributed by atoms with Gasteiger partial charge in [-0.3, -0.25) is 19.6 Å². The molecular weight excluding hydrogens is 422 g/mol. The smallest absolute Gasteiger partial charge is 0.296 e. The molecule has 9 nitrogen and oxygen atoms in total. The number of unbranched alkanes of at least 4 members (excludes halogenated alkanes) is 1. The summed E-state index contributed by atoms with van der Waals surface area (Å²) in [6.45, 7) is 6.59. The number of fused-ring (bicyclic) bond motifs is 1. The summed E-state index contributed by atoms with van der Waals surface area (Å²) in [6.07, 6.45) is 3.96. The van der Waals surface area contributed by atoms with Gasteiger partial charge in [-0.15, -0.1) is 0 Å². The average Bonchev–Trinajstić information content (AvgIpc) is 3.49. The number of hydrogen-bond acceptors (Lipinski definition) is 6. The predicted molar refractivity (Wildman–Crippen MR) is 124 cm³/mol. The molecule has 33 heavy (non-hydrogen) atoms. The maximum atomic E-state index is 13.3. The number of aryl methyl sites for hydroxylation is 1. The summed E-state index contributed by atoms with van der Waals surface area (Å²) in [7, 11) is 0. The topological polar surface area (TPSA) is 106 Å². The molecule has 3 aromatic heterocycles. The van der Waals surface area contributed by atoms with E-state index in [1.165, 1.54) is 15.7 Å². The molecule has 3 heterocycles. The van der Waals surface area contributed by atoms with Crippen LogP contribution >= 0.6 is 0 Å². The molecule has 0 atom stereocenters. The van der Waals surface area contributed by atoms with E-state index in [1.54, 1.807) is 12.1 Å². The Morgan fingerprint density at radius 1 is 1.18 bits per heavy atom. The van der Waals surface area contributed by atoms with Gasteiger partial charge in [0.2, 0.25) is 5.95 Å². The van der Waals surface area contributed by atoms with Gasteiger partial charge in [0.25, 0.3) is 17.2 Å². The van der Waals surface area contributed by atoms with Crippen molar-refractivity contribution in [2.45, 2.75) is 46.6 Å². The predicted octanol–water partition coefficient (Wildman–Crippen LogP) is 3.91. The number of anilines is 1. The molecule has 0 fully saturated rings. The number of aromatic nitrogens is 4. The van der Waals surface area contributed by atoms with Gasteiger partial charge in [0.15, 0.2) is 5.76 Å². The summed E-state index contributed by atoms with van der Waals surface area (Å²) < 4.78 is 12.1. The van der Waals surface area contributed by atoms with Crippen LogP contribution in [0.3, 0.4) is 0 Å². The van der Waals surface area contributed by atoms with Crippen molar-refractivity contribution >= 4 is 17.6 Å². The molecule has 1 amide bonds. The lowest BCUT2D eigenvalue weighted by Crippen LogP contribution is -2.31. The highest BCUT2D eigenvalue weighted by Crippen LogP contribution is 2.20. The van der Waals surface area contributed by atoms with Crippen LogP contribution in [0.5, 0.6) is 5.75 Å². The first-order valence-corrected chi connectivity index (χ1v) is 11.1. The van der Waals surface area contributed by atoms with Gasteiger partial charge >= 0.3 is 0 Å². The Labute approximate surface area is 191 Å². The molecule has 0 saturated heterocycles. The maximum absolute atomic E-state index is 13.3. The van der Waals surface area contributed by atoms with E-state index in [4.69, 9.17) is 9.15 Å². The van der Waals surface area contributed by atoms with Crippen LogP contribution in [-0.2, 0) is 13.0 Å². The van der Waals surface area contributed by atoms with Gasteiger partial charge in [-0.1, -0.05) is 25.5 Å². The molecule has 172 valence electrons. The number of H-pyrrole nitrogens is 1. The molecule has 1 N–H and O–H groups in total. The van der Waals surface area contributed by atoms with Gasteiger partial charge < -0.3 is 9.15 Å². The van der Waals surface area contributed by atoms with Gasteiger partial charge in [0, 0.05) is 5.56 Å². The number of hydrogen-bond donors (Lipinski definition) is 1. The van der Waals surface area contributed by atoms with Crippen LogP contribution in [0.4, 0.5) is 5.95 Å². The van der Waals surface area contributed by atoms with Crippen LogP contribution in [-0.4, -0.2) is 32.1 Å². The number of benzene rings is 1. The summed E-state index contributed by atoms with van der Waals surface area (Å²) >= 11 is 0. The van der Waals surface area contributed by atoms with E-state index >= 15 is 0 Å². The van der Waals surface area contributed by atoms with Crippen molar-refractivity contribution < 1.29 is 13.9 Å². The van der Waals surface area contributed by atoms with Gasteiger partial charge in [-0.2, -0.15) is 9.50 Å². The minimum atomic E-state index is -0.385. The first-order valence-electron chi connectivity index (χ1n) is 11.1. The third-order valence-electron chi connectivity index (χ3n) is 5.37. The average molecular weight is 450 g/mol. The molecule has 0 spiro atoms. The molecule has 0 radical (unpaired) electrons. The second kappa shape index (κ2) is 9.72. The van der Waals surface area contributed by atoms with E-state index in [2.05, 4.69) is 22.0 Å². The lowest BCUT2D eigenvalue weighted by molar-refractivity contribution is 0.0956. The molecule has 0 aliphatic carbocycles. The Balaban J connectivity index is 1.74. The largest absolute Gasteiger partial charge is 0.494 e. The summed E-state index contributed by atoms with van der Waals surface area (Å²) in [5, 5.41) is 2.97. The maximum Gasteiger partial charge on any atom is 0.296 e. The van der Waals surface area contributed by atoms with Crippen molar-refractivity contribution in [3.63, 3.8) is 0 Å². The van der Waals surface area contributed by atoms with Crippen molar-refractivity contribution in [3.8, 4) is 5.75 Å². The molecule has 9 heteroatoms. The summed E-state index contributed by atoms with van der Waals surface area (Å²) in [5.41, 5.74) is 1.97. The van der Waals surface area contributed by atoms with E-state index in [-0.39, 0.29) is 35.5 Å². The van der Waals surface area contributed by atoms with Crippen LogP contribution in [0.1, 0.15) is 54.1 Å². The minimum Gasteiger partial charge on any atom is -0.494 e. The molecule has 0 unspecified atom stereocenters. The van der Waals surface area contributed by atoms with E-state index in [0.717, 1.165) is 24.2 Å². The van der Waals surface area contributed by atoms with Crippen molar-refractivity contribution in [1.29, 1.82) is 0 Å². The molecule has 4 rings (SSSR count). The standard InChI is InChI=1S/C24H27N5O4/c1-4-6-8-19-16(3)25-23-26-24(27-29(23)21(19)30)28(22(31)20-9-7-14-33-20)15-17-10-12-18(13-11-17)32-5-2/h7,9-14H,4-6,8,15H2,1-3H3,(H,25,26,27). The number of rotatable bonds is 9. The zero-order valence-corrected chi connectivity index (χ0v) is 19.0. The highest BCUT2D eigenvalue weighted by atomic mass is 16.5. The van der Waals surface area contributed by atoms with E-state index < -0.39 is 0 Å². The lowest BCUT2D eigenvalue weighted by Gasteiger charge is -2.18. The number of aromatic amines is 1. The van der Waals surface area contributed by atoms with Crippen molar-refractivity contribution in [3.05, 3.63) is 75.6 Å². The highest BCUT2D eigenvalue weighted by molar-refractivity contribution is 6.03. The van der Waals surface area contributed by atoms with E-state index in [0.29, 0.717) is 24.3 Å². The Bertz CT molecular complexity index is 1290. The molecule has 0 aliphatic rings. The van der Waals surface area contributed by atoms with Crippen LogP contribution in [0.25, 0.3) is 5.78 Å². The summed E-state index contributed by atoms with van der Waals surface area (Å²) in [4.78, 5) is 36.7. The van der Waals surface area contributed by atoms with Crippen LogP contribution < -0.4 is 15.2 Å². The molecule has 0 bridgehead atoms. The lowest BCUT2D eigenvalue weighted by atomic mass is 10.1. The Morgan fingerprint density at radius 2 is 1.97 bits per heavy atom.